The third kappa shape index (κ3) is 6.11. The second kappa shape index (κ2) is 13.9. The van der Waals surface area contributed by atoms with Crippen LogP contribution in [0.3, 0.4) is 0 Å². The van der Waals surface area contributed by atoms with Crippen molar-refractivity contribution >= 4 is 17.5 Å². The molecule has 176 valence electrons. The van der Waals surface area contributed by atoms with Gasteiger partial charge in [0, 0.05) is 31.6 Å². The van der Waals surface area contributed by atoms with E-state index >= 15 is 0 Å². The van der Waals surface area contributed by atoms with Gasteiger partial charge in [-0.1, -0.05) is 64.4 Å². The van der Waals surface area contributed by atoms with Crippen molar-refractivity contribution < 1.29 is 4.79 Å². The number of allylic oxidation sites excluding steroid dienone is 1. The van der Waals surface area contributed by atoms with Crippen LogP contribution in [0, 0.1) is 11.3 Å². The molecule has 32 heavy (non-hydrogen) atoms. The third-order valence-electron chi connectivity index (χ3n) is 5.00. The van der Waals surface area contributed by atoms with E-state index in [1.807, 2.05) is 52.0 Å². The molecule has 0 bridgehead atoms. The molecule has 1 aromatic carbocycles. The number of halogens is 1. The average Bonchev–Trinajstić information content (AvgIpc) is 3.18. The minimum absolute atomic E-state index is 0.193. The highest BCUT2D eigenvalue weighted by molar-refractivity contribution is 6.31. The maximum Gasteiger partial charge on any atom is 0.276 e. The van der Waals surface area contributed by atoms with Gasteiger partial charge >= 0.3 is 0 Å². The van der Waals surface area contributed by atoms with Crippen molar-refractivity contribution in [2.75, 3.05) is 26.7 Å². The van der Waals surface area contributed by atoms with Gasteiger partial charge in [-0.3, -0.25) is 19.6 Å². The van der Waals surface area contributed by atoms with Crippen LogP contribution < -0.4 is 11.2 Å². The number of nitrogens with zero attached hydrogens (tertiary/aromatic N) is 4. The van der Waals surface area contributed by atoms with Gasteiger partial charge in [0.25, 0.3) is 5.91 Å². The van der Waals surface area contributed by atoms with Gasteiger partial charge in [-0.2, -0.15) is 5.26 Å². The van der Waals surface area contributed by atoms with Crippen LogP contribution in [0.5, 0.6) is 0 Å². The van der Waals surface area contributed by atoms with E-state index in [0.29, 0.717) is 35.9 Å². The van der Waals surface area contributed by atoms with Crippen LogP contribution in [0.25, 0.3) is 0 Å². The predicted octanol–water partition coefficient (Wildman–Crippen LogP) is 3.84. The molecule has 0 saturated carbocycles. The maximum atomic E-state index is 13.1. The SMILES string of the molecule is CC.CC.CCCN(CCN)C1NN2C=C(C#N)N(C)C(=O)C2=C1Cc1ccccc1Cl. The summed E-state index contributed by atoms with van der Waals surface area (Å²) in [6.45, 7) is 12.2. The molecule has 2 aliphatic rings. The Labute approximate surface area is 198 Å². The molecule has 0 aliphatic carbocycles. The van der Waals surface area contributed by atoms with E-state index in [2.05, 4.69) is 23.3 Å². The molecule has 1 atom stereocenters. The lowest BCUT2D eigenvalue weighted by Gasteiger charge is -2.31. The van der Waals surface area contributed by atoms with Gasteiger partial charge in [-0.15, -0.1) is 0 Å². The van der Waals surface area contributed by atoms with E-state index in [1.165, 1.54) is 4.90 Å². The van der Waals surface area contributed by atoms with Crippen molar-refractivity contribution in [2.24, 2.45) is 5.73 Å². The van der Waals surface area contributed by atoms with Crippen molar-refractivity contribution in [2.45, 2.75) is 53.6 Å². The monoisotopic (exact) mass is 460 g/mol. The minimum atomic E-state index is -0.208. The highest BCUT2D eigenvalue weighted by atomic mass is 35.5. The number of rotatable bonds is 7. The van der Waals surface area contributed by atoms with Crippen LogP contribution in [0.1, 0.15) is 46.6 Å². The van der Waals surface area contributed by atoms with E-state index in [-0.39, 0.29) is 12.1 Å². The molecule has 0 aromatic heterocycles. The molecule has 1 unspecified atom stereocenters. The van der Waals surface area contributed by atoms with Gasteiger partial charge in [0.15, 0.2) is 0 Å². The van der Waals surface area contributed by atoms with Gasteiger partial charge in [0.05, 0.1) is 6.20 Å². The molecule has 0 radical (unpaired) electrons. The van der Waals surface area contributed by atoms with Crippen LogP contribution >= 0.6 is 11.6 Å². The maximum absolute atomic E-state index is 13.1. The number of nitrogens with one attached hydrogen (secondary N) is 1. The quantitative estimate of drug-likeness (QED) is 0.642. The van der Waals surface area contributed by atoms with Crippen LogP contribution in [-0.4, -0.2) is 53.6 Å². The molecule has 2 heterocycles. The fourth-order valence-electron chi connectivity index (χ4n) is 3.63. The average molecular weight is 461 g/mol. The van der Waals surface area contributed by atoms with Gasteiger partial charge in [0.2, 0.25) is 0 Å². The number of carbonyl (C=O) groups excluding carboxylic acids is 1. The molecule has 8 heteroatoms. The lowest BCUT2D eigenvalue weighted by molar-refractivity contribution is -0.126. The summed E-state index contributed by atoms with van der Waals surface area (Å²) in [5.74, 6) is -0.208. The van der Waals surface area contributed by atoms with E-state index in [9.17, 15) is 10.1 Å². The Bertz CT molecular complexity index is 854. The smallest absolute Gasteiger partial charge is 0.276 e. The fraction of sp³-hybridized carbons (Fsp3) is 0.500. The zero-order valence-electron chi connectivity index (χ0n) is 20.2. The number of carbonyl (C=O) groups is 1. The number of hydrazine groups is 1. The molecular formula is C24H37ClN6O. The number of nitriles is 1. The molecule has 0 fully saturated rings. The predicted molar refractivity (Wildman–Crippen MR) is 131 cm³/mol. The fourth-order valence-corrected chi connectivity index (χ4v) is 3.84. The molecular weight excluding hydrogens is 424 g/mol. The van der Waals surface area contributed by atoms with Crippen molar-refractivity contribution in [3.05, 3.63) is 58.0 Å². The van der Waals surface area contributed by atoms with Crippen molar-refractivity contribution in [3.8, 4) is 6.07 Å². The van der Waals surface area contributed by atoms with E-state index in [4.69, 9.17) is 17.3 Å². The second-order valence-corrected chi connectivity index (χ2v) is 7.27. The minimum Gasteiger partial charge on any atom is -0.329 e. The highest BCUT2D eigenvalue weighted by Gasteiger charge is 2.41. The number of amides is 1. The first-order valence-electron chi connectivity index (χ1n) is 11.4. The van der Waals surface area contributed by atoms with Crippen molar-refractivity contribution in [3.63, 3.8) is 0 Å². The third-order valence-corrected chi connectivity index (χ3v) is 5.37. The number of hydrogen-bond acceptors (Lipinski definition) is 6. The topological polar surface area (TPSA) is 88.6 Å². The summed E-state index contributed by atoms with van der Waals surface area (Å²) in [4.78, 5) is 16.7. The number of likely N-dealkylation sites (N-methyl/N-ethyl adjacent to an activating group) is 1. The summed E-state index contributed by atoms with van der Waals surface area (Å²) in [5.41, 5.74) is 11.9. The lowest BCUT2D eigenvalue weighted by Crippen LogP contribution is -2.50. The number of benzene rings is 1. The Kier molecular flexibility index (Phi) is 12.0. The number of hydrogen-bond donors (Lipinski definition) is 2. The van der Waals surface area contributed by atoms with Gasteiger partial charge in [-0.05, 0) is 30.2 Å². The first kappa shape index (κ1) is 27.7. The van der Waals surface area contributed by atoms with E-state index < -0.39 is 0 Å². The van der Waals surface area contributed by atoms with E-state index in [0.717, 1.165) is 24.1 Å². The van der Waals surface area contributed by atoms with Crippen LogP contribution in [-0.2, 0) is 11.2 Å². The summed E-state index contributed by atoms with van der Waals surface area (Å²) in [6.07, 6.45) is 2.96. The Balaban J connectivity index is 0.00000121. The first-order valence-corrected chi connectivity index (χ1v) is 11.8. The Morgan fingerprint density at radius 2 is 1.88 bits per heavy atom. The molecule has 3 rings (SSSR count). The molecule has 3 N–H and O–H groups in total. The molecule has 2 aliphatic heterocycles. The lowest BCUT2D eigenvalue weighted by atomic mass is 9.99. The Hall–Kier alpha value is -2.37. The number of fused-ring (bicyclic) bond motifs is 1. The summed E-state index contributed by atoms with van der Waals surface area (Å²) in [7, 11) is 1.62. The Morgan fingerprint density at radius 1 is 1.22 bits per heavy atom. The zero-order chi connectivity index (χ0) is 24.3. The summed E-state index contributed by atoms with van der Waals surface area (Å²) in [5, 5.41) is 11.7. The van der Waals surface area contributed by atoms with Crippen molar-refractivity contribution in [1.29, 1.82) is 5.26 Å². The summed E-state index contributed by atoms with van der Waals surface area (Å²) in [6, 6.07) is 9.72. The van der Waals surface area contributed by atoms with Crippen LogP contribution in [0.15, 0.2) is 47.4 Å². The van der Waals surface area contributed by atoms with Gasteiger partial charge < -0.3 is 5.73 Å². The zero-order valence-corrected chi connectivity index (χ0v) is 20.9. The van der Waals surface area contributed by atoms with E-state index in [1.54, 1.807) is 18.3 Å². The summed E-state index contributed by atoms with van der Waals surface area (Å²) >= 11 is 6.40. The second-order valence-electron chi connectivity index (χ2n) is 6.86. The standard InChI is InChI=1S/C20H25ClN6O.2C2H6/c1-3-9-26(10-8-22)19-16(11-14-6-4-5-7-17(14)21)18-20(28)25(2)15(12-23)13-27(18)24-19;2*1-2/h4-7,13,19,24H,3,8-11,22H2,1-2H3;2*1-2H3. The van der Waals surface area contributed by atoms with Crippen LogP contribution in [0.2, 0.25) is 5.02 Å². The van der Waals surface area contributed by atoms with Gasteiger partial charge in [0.1, 0.15) is 23.6 Å². The molecule has 1 aromatic rings. The molecule has 0 spiro atoms. The van der Waals surface area contributed by atoms with Gasteiger partial charge in [-0.25, -0.2) is 5.43 Å². The molecule has 7 nitrogen and oxygen atoms in total. The first-order chi connectivity index (χ1) is 15.5. The number of nitrogens with two attached hydrogens (primary N) is 1. The summed E-state index contributed by atoms with van der Waals surface area (Å²) < 4.78 is 0. The molecule has 0 saturated heterocycles. The van der Waals surface area contributed by atoms with Crippen LogP contribution in [0.4, 0.5) is 0 Å². The largest absolute Gasteiger partial charge is 0.329 e. The van der Waals surface area contributed by atoms with Crippen molar-refractivity contribution in [1.82, 2.24) is 20.2 Å². The highest BCUT2D eigenvalue weighted by Crippen LogP contribution is 2.33. The Morgan fingerprint density at radius 3 is 2.44 bits per heavy atom. The normalized spacial score (nSPS) is 17.2. The molecule has 1 amide bonds.